The molecule has 0 radical (unpaired) electrons. The molecule has 2 aromatic rings. The summed E-state index contributed by atoms with van der Waals surface area (Å²) in [5.41, 5.74) is 0.343. The lowest BCUT2D eigenvalue weighted by Crippen LogP contribution is -2.05. The number of hydrogen-bond acceptors (Lipinski definition) is 4. The first-order valence-electron chi connectivity index (χ1n) is 4.85. The van der Waals surface area contributed by atoms with E-state index in [0.29, 0.717) is 15.5 Å². The largest absolute Gasteiger partial charge is 0.456 e. The summed E-state index contributed by atoms with van der Waals surface area (Å²) < 4.78 is 5.16. The highest BCUT2D eigenvalue weighted by Crippen LogP contribution is 2.21. The normalized spacial score (nSPS) is 10.2. The number of rotatable bonds is 3. The third-order valence-corrected chi connectivity index (χ3v) is 3.55. The van der Waals surface area contributed by atoms with Crippen molar-refractivity contribution < 1.29 is 9.53 Å². The number of thiol groups is 1. The van der Waals surface area contributed by atoms with Crippen LogP contribution in [0.15, 0.2) is 40.6 Å². The molecule has 0 aliphatic rings. The van der Waals surface area contributed by atoms with Crippen molar-refractivity contribution in [2.24, 2.45) is 0 Å². The molecule has 2 nitrogen and oxygen atoms in total. The van der Waals surface area contributed by atoms with Gasteiger partial charge in [-0.1, -0.05) is 17.7 Å². The highest BCUT2D eigenvalue weighted by Gasteiger charge is 2.12. The minimum Gasteiger partial charge on any atom is -0.456 e. The summed E-state index contributed by atoms with van der Waals surface area (Å²) in [5.74, 6) is -0.431. The highest BCUT2D eigenvalue weighted by atomic mass is 35.5. The van der Waals surface area contributed by atoms with Crippen LogP contribution in [0.5, 0.6) is 0 Å². The van der Waals surface area contributed by atoms with Crippen LogP contribution in [0.25, 0.3) is 0 Å². The third-order valence-electron chi connectivity index (χ3n) is 2.10. The molecule has 0 amide bonds. The first-order valence-corrected chi connectivity index (χ1v) is 6.55. The molecule has 0 aliphatic carbocycles. The number of hydrogen-bond donors (Lipinski definition) is 1. The molecule has 0 N–H and O–H groups in total. The smallest absolute Gasteiger partial charge is 0.340 e. The maximum absolute atomic E-state index is 11.8. The van der Waals surface area contributed by atoms with Crippen LogP contribution in [0.3, 0.4) is 0 Å². The average Bonchev–Trinajstić information content (AvgIpc) is 2.82. The van der Waals surface area contributed by atoms with Gasteiger partial charge in [0.1, 0.15) is 6.61 Å². The van der Waals surface area contributed by atoms with Crippen molar-refractivity contribution in [2.75, 3.05) is 0 Å². The van der Waals surface area contributed by atoms with Gasteiger partial charge in [0.05, 0.1) is 10.6 Å². The summed E-state index contributed by atoms with van der Waals surface area (Å²) >= 11 is 11.6. The predicted octanol–water partition coefficient (Wildman–Crippen LogP) is 4.05. The van der Waals surface area contributed by atoms with Crippen LogP contribution in [0, 0.1) is 0 Å². The van der Waals surface area contributed by atoms with E-state index < -0.39 is 5.97 Å². The van der Waals surface area contributed by atoms with E-state index >= 15 is 0 Å². The van der Waals surface area contributed by atoms with Crippen molar-refractivity contribution >= 4 is 41.5 Å². The second-order valence-corrected chi connectivity index (χ2v) is 5.28. The molecule has 0 saturated heterocycles. The summed E-state index contributed by atoms with van der Waals surface area (Å²) in [6.45, 7) is 0.267. The Morgan fingerprint density at radius 1 is 1.41 bits per heavy atom. The Morgan fingerprint density at radius 3 is 2.94 bits per heavy atom. The molecule has 0 atom stereocenters. The van der Waals surface area contributed by atoms with Gasteiger partial charge in [0.25, 0.3) is 0 Å². The quantitative estimate of drug-likeness (QED) is 0.680. The van der Waals surface area contributed by atoms with Crippen LogP contribution in [0.2, 0.25) is 5.02 Å². The Balaban J connectivity index is 2.07. The minimum atomic E-state index is -0.431. The van der Waals surface area contributed by atoms with E-state index in [-0.39, 0.29) is 6.61 Å². The van der Waals surface area contributed by atoms with Crippen LogP contribution in [0.1, 0.15) is 15.2 Å². The van der Waals surface area contributed by atoms with Gasteiger partial charge < -0.3 is 4.74 Å². The fourth-order valence-electron chi connectivity index (χ4n) is 1.28. The number of esters is 1. The van der Waals surface area contributed by atoms with Gasteiger partial charge in [-0.25, -0.2) is 4.79 Å². The number of halogens is 1. The van der Waals surface area contributed by atoms with Crippen LogP contribution in [-0.4, -0.2) is 5.97 Å². The number of thiophene rings is 1. The molecule has 0 unspecified atom stereocenters. The average molecular weight is 285 g/mol. The lowest BCUT2D eigenvalue weighted by Gasteiger charge is -2.05. The van der Waals surface area contributed by atoms with E-state index in [1.807, 2.05) is 17.5 Å². The van der Waals surface area contributed by atoms with Crippen molar-refractivity contribution in [2.45, 2.75) is 11.5 Å². The Morgan fingerprint density at radius 2 is 2.24 bits per heavy atom. The fraction of sp³-hybridized carbons (Fsp3) is 0.0833. The maximum atomic E-state index is 11.8. The van der Waals surface area contributed by atoms with E-state index in [1.54, 1.807) is 29.5 Å². The zero-order chi connectivity index (χ0) is 12.3. The lowest BCUT2D eigenvalue weighted by molar-refractivity contribution is 0.0476. The molecule has 88 valence electrons. The Hall–Kier alpha value is -0.970. The van der Waals surface area contributed by atoms with Crippen LogP contribution in [0.4, 0.5) is 0 Å². The van der Waals surface area contributed by atoms with E-state index in [2.05, 4.69) is 12.6 Å². The highest BCUT2D eigenvalue weighted by molar-refractivity contribution is 7.80. The van der Waals surface area contributed by atoms with Gasteiger partial charge in [-0.3, -0.25) is 0 Å². The molecule has 17 heavy (non-hydrogen) atoms. The summed E-state index contributed by atoms with van der Waals surface area (Å²) in [6, 6.07) is 8.78. The van der Waals surface area contributed by atoms with Gasteiger partial charge >= 0.3 is 5.97 Å². The number of carbonyl (C=O) groups is 1. The van der Waals surface area contributed by atoms with Crippen molar-refractivity contribution in [1.29, 1.82) is 0 Å². The van der Waals surface area contributed by atoms with Crippen molar-refractivity contribution in [3.8, 4) is 0 Å². The number of carbonyl (C=O) groups excluding carboxylic acids is 1. The Bertz CT molecular complexity index is 523. The van der Waals surface area contributed by atoms with E-state index in [9.17, 15) is 4.79 Å². The molecule has 1 aromatic heterocycles. The summed E-state index contributed by atoms with van der Waals surface area (Å²) in [7, 11) is 0. The summed E-state index contributed by atoms with van der Waals surface area (Å²) in [5, 5.41) is 2.31. The van der Waals surface area contributed by atoms with Gasteiger partial charge in [0, 0.05) is 9.77 Å². The zero-order valence-corrected chi connectivity index (χ0v) is 11.2. The van der Waals surface area contributed by atoms with Crippen molar-refractivity contribution in [1.82, 2.24) is 0 Å². The van der Waals surface area contributed by atoms with Gasteiger partial charge in [-0.05, 0) is 29.6 Å². The Kier molecular flexibility index (Phi) is 4.10. The Labute approximate surface area is 114 Å². The molecule has 5 heteroatoms. The molecular formula is C12H9ClO2S2. The molecule has 2 rings (SSSR count). The second kappa shape index (κ2) is 5.58. The van der Waals surface area contributed by atoms with E-state index in [0.717, 1.165) is 4.88 Å². The van der Waals surface area contributed by atoms with Crippen molar-refractivity contribution in [3.05, 3.63) is 51.2 Å². The van der Waals surface area contributed by atoms with Crippen LogP contribution < -0.4 is 0 Å². The lowest BCUT2D eigenvalue weighted by atomic mass is 10.2. The summed E-state index contributed by atoms with van der Waals surface area (Å²) in [6.07, 6.45) is 0. The van der Waals surface area contributed by atoms with Gasteiger partial charge in [-0.15, -0.1) is 24.0 Å². The molecule has 1 heterocycles. The SMILES string of the molecule is O=C(OCc1cccs1)c1cc(S)ccc1Cl. The molecule has 0 aliphatic heterocycles. The number of benzene rings is 1. The van der Waals surface area contributed by atoms with E-state index in [4.69, 9.17) is 16.3 Å². The maximum Gasteiger partial charge on any atom is 0.340 e. The molecular weight excluding hydrogens is 276 g/mol. The third kappa shape index (κ3) is 3.25. The van der Waals surface area contributed by atoms with Crippen LogP contribution >= 0.6 is 35.6 Å². The molecule has 0 spiro atoms. The van der Waals surface area contributed by atoms with Crippen LogP contribution in [-0.2, 0) is 11.3 Å². The zero-order valence-electron chi connectivity index (χ0n) is 8.72. The van der Waals surface area contributed by atoms with Crippen molar-refractivity contribution in [3.63, 3.8) is 0 Å². The number of ether oxygens (including phenoxy) is 1. The van der Waals surface area contributed by atoms with Gasteiger partial charge in [0.15, 0.2) is 0 Å². The van der Waals surface area contributed by atoms with Gasteiger partial charge in [0.2, 0.25) is 0 Å². The predicted molar refractivity (Wildman–Crippen MR) is 72.1 cm³/mol. The summed E-state index contributed by atoms with van der Waals surface area (Å²) in [4.78, 5) is 13.5. The second-order valence-electron chi connectivity index (χ2n) is 3.32. The topological polar surface area (TPSA) is 26.3 Å². The molecule has 0 fully saturated rings. The monoisotopic (exact) mass is 284 g/mol. The molecule has 1 aromatic carbocycles. The molecule has 0 bridgehead atoms. The molecule has 0 saturated carbocycles. The fourth-order valence-corrected chi connectivity index (χ4v) is 2.29. The first kappa shape index (κ1) is 12.5. The minimum absolute atomic E-state index is 0.267. The van der Waals surface area contributed by atoms with Gasteiger partial charge in [-0.2, -0.15) is 0 Å². The first-order chi connectivity index (χ1) is 8.16. The standard InChI is InChI=1S/C12H9ClO2S2/c13-11-4-3-8(16)6-10(11)12(14)15-7-9-2-1-5-17-9/h1-6,16H,7H2. The van der Waals surface area contributed by atoms with E-state index in [1.165, 1.54) is 0 Å².